The van der Waals surface area contributed by atoms with E-state index in [0.717, 1.165) is 23.2 Å². The van der Waals surface area contributed by atoms with Gasteiger partial charge in [0.15, 0.2) is 0 Å². The zero-order valence-electron chi connectivity index (χ0n) is 7.89. The summed E-state index contributed by atoms with van der Waals surface area (Å²) < 4.78 is 1.03. The van der Waals surface area contributed by atoms with Gasteiger partial charge in [0, 0.05) is 42.6 Å². The minimum atomic E-state index is 0. The predicted octanol–water partition coefficient (Wildman–Crippen LogP) is 1.99. The van der Waals surface area contributed by atoms with Crippen molar-refractivity contribution in [3.05, 3.63) is 0 Å². The van der Waals surface area contributed by atoms with E-state index >= 15 is 0 Å². The summed E-state index contributed by atoms with van der Waals surface area (Å²) >= 11 is 6.91. The molecule has 0 N–H and O–H groups in total. The second-order valence-electron chi connectivity index (χ2n) is 1.87. The SMILES string of the molecule is CCSC(=S)N(CC)CC.[Na]. The molecular formula is C7H15NNaS2. The summed E-state index contributed by atoms with van der Waals surface area (Å²) in [7, 11) is 0. The molecule has 0 unspecified atom stereocenters. The van der Waals surface area contributed by atoms with Crippen LogP contribution in [0.25, 0.3) is 0 Å². The molecule has 1 radical (unpaired) electrons. The standard InChI is InChI=1S/C7H15NS2.Na/c1-4-8(5-2)7(9)10-6-3;/h4-6H2,1-3H3;. The van der Waals surface area contributed by atoms with Gasteiger partial charge in [-0.25, -0.2) is 0 Å². The van der Waals surface area contributed by atoms with Crippen LogP contribution >= 0.6 is 24.0 Å². The van der Waals surface area contributed by atoms with Gasteiger partial charge >= 0.3 is 0 Å². The van der Waals surface area contributed by atoms with E-state index in [1.165, 1.54) is 0 Å². The molecule has 0 saturated heterocycles. The maximum Gasteiger partial charge on any atom is 0.136 e. The van der Waals surface area contributed by atoms with Gasteiger partial charge in [-0.3, -0.25) is 0 Å². The molecule has 0 aliphatic carbocycles. The summed E-state index contributed by atoms with van der Waals surface area (Å²) in [5, 5.41) is 0. The Labute approximate surface area is 102 Å². The van der Waals surface area contributed by atoms with Crippen LogP contribution in [0.5, 0.6) is 0 Å². The van der Waals surface area contributed by atoms with Crippen molar-refractivity contribution >= 4 is 57.9 Å². The molecule has 4 heteroatoms. The molecule has 0 aliphatic heterocycles. The molecule has 0 aromatic rings. The monoisotopic (exact) mass is 200 g/mol. The molecule has 0 heterocycles. The first-order valence-corrected chi connectivity index (χ1v) is 5.07. The Kier molecular flexibility index (Phi) is 12.5. The molecule has 11 heavy (non-hydrogen) atoms. The first kappa shape index (κ1) is 14.7. The van der Waals surface area contributed by atoms with Gasteiger partial charge in [-0.2, -0.15) is 0 Å². The van der Waals surface area contributed by atoms with Crippen molar-refractivity contribution in [2.45, 2.75) is 20.8 Å². The fourth-order valence-electron chi connectivity index (χ4n) is 0.697. The quantitative estimate of drug-likeness (QED) is 0.506. The van der Waals surface area contributed by atoms with Crippen LogP contribution in [0.3, 0.4) is 0 Å². The van der Waals surface area contributed by atoms with Gasteiger partial charge in [0.05, 0.1) is 0 Å². The number of nitrogens with zero attached hydrogens (tertiary/aromatic N) is 1. The summed E-state index contributed by atoms with van der Waals surface area (Å²) in [5.41, 5.74) is 0. The number of hydrogen-bond donors (Lipinski definition) is 0. The second kappa shape index (κ2) is 9.33. The van der Waals surface area contributed by atoms with Crippen LogP contribution in [0.15, 0.2) is 0 Å². The number of hydrogen-bond acceptors (Lipinski definition) is 2. The van der Waals surface area contributed by atoms with Crippen molar-refractivity contribution in [3.63, 3.8) is 0 Å². The van der Waals surface area contributed by atoms with Crippen molar-refractivity contribution in [1.82, 2.24) is 4.90 Å². The molecule has 0 spiro atoms. The molecule has 0 saturated carbocycles. The Morgan fingerprint density at radius 3 is 2.00 bits per heavy atom. The van der Waals surface area contributed by atoms with E-state index in [9.17, 15) is 0 Å². The molecule has 0 aromatic carbocycles. The van der Waals surface area contributed by atoms with Crippen molar-refractivity contribution in [3.8, 4) is 0 Å². The summed E-state index contributed by atoms with van der Waals surface area (Å²) in [6, 6.07) is 0. The zero-order valence-corrected chi connectivity index (χ0v) is 11.5. The van der Waals surface area contributed by atoms with E-state index in [1.54, 1.807) is 11.8 Å². The third kappa shape index (κ3) is 6.41. The predicted molar refractivity (Wildman–Crippen MR) is 59.4 cm³/mol. The Bertz CT molecular complexity index is 105. The average Bonchev–Trinajstić information content (AvgIpc) is 1.91. The molecule has 0 amide bonds. The maximum atomic E-state index is 5.16. The minimum Gasteiger partial charge on any atom is -0.358 e. The molecular weight excluding hydrogens is 185 g/mol. The van der Waals surface area contributed by atoms with Gasteiger partial charge in [0.2, 0.25) is 0 Å². The summed E-state index contributed by atoms with van der Waals surface area (Å²) in [6.07, 6.45) is 0. The van der Waals surface area contributed by atoms with Gasteiger partial charge in [0.1, 0.15) is 4.32 Å². The van der Waals surface area contributed by atoms with Gasteiger partial charge in [-0.15, -0.1) is 0 Å². The second-order valence-corrected chi connectivity index (χ2v) is 3.77. The van der Waals surface area contributed by atoms with Crippen LogP contribution in [-0.4, -0.2) is 57.6 Å². The Balaban J connectivity index is 0. The molecule has 1 nitrogen and oxygen atoms in total. The van der Waals surface area contributed by atoms with E-state index in [0.29, 0.717) is 0 Å². The van der Waals surface area contributed by atoms with Gasteiger partial charge in [0.25, 0.3) is 0 Å². The molecule has 0 atom stereocenters. The largest absolute Gasteiger partial charge is 0.358 e. The normalized spacial score (nSPS) is 8.64. The van der Waals surface area contributed by atoms with Crippen LogP contribution in [0.2, 0.25) is 0 Å². The topological polar surface area (TPSA) is 3.24 Å². The van der Waals surface area contributed by atoms with Crippen molar-refractivity contribution in [2.75, 3.05) is 18.8 Å². The summed E-state index contributed by atoms with van der Waals surface area (Å²) in [6.45, 7) is 8.45. The number of thiocarbonyl (C=S) groups is 1. The van der Waals surface area contributed by atoms with Gasteiger partial charge < -0.3 is 4.90 Å². The molecule has 61 valence electrons. The Morgan fingerprint density at radius 2 is 1.73 bits per heavy atom. The van der Waals surface area contributed by atoms with E-state index < -0.39 is 0 Å². The number of rotatable bonds is 3. The zero-order chi connectivity index (χ0) is 7.98. The third-order valence-corrected chi connectivity index (χ3v) is 2.70. The molecule has 0 fully saturated rings. The minimum absolute atomic E-state index is 0. The first-order chi connectivity index (χ1) is 4.76. The van der Waals surface area contributed by atoms with E-state index in [-0.39, 0.29) is 29.6 Å². The van der Waals surface area contributed by atoms with Crippen LogP contribution < -0.4 is 0 Å². The molecule has 0 aromatic heterocycles. The van der Waals surface area contributed by atoms with Crippen LogP contribution in [-0.2, 0) is 0 Å². The number of thioether (sulfide) groups is 1. The fraction of sp³-hybridized carbons (Fsp3) is 0.857. The average molecular weight is 200 g/mol. The smallest absolute Gasteiger partial charge is 0.136 e. The van der Waals surface area contributed by atoms with E-state index in [1.807, 2.05) is 0 Å². The van der Waals surface area contributed by atoms with Crippen molar-refractivity contribution in [1.29, 1.82) is 0 Å². The molecule has 0 rings (SSSR count). The van der Waals surface area contributed by atoms with Crippen molar-refractivity contribution in [2.24, 2.45) is 0 Å². The summed E-state index contributed by atoms with van der Waals surface area (Å²) in [4.78, 5) is 2.20. The van der Waals surface area contributed by atoms with E-state index in [4.69, 9.17) is 12.2 Å². The van der Waals surface area contributed by atoms with E-state index in [2.05, 4.69) is 25.7 Å². The maximum absolute atomic E-state index is 5.16. The first-order valence-electron chi connectivity index (χ1n) is 3.67. The molecule has 0 aliphatic rings. The van der Waals surface area contributed by atoms with Crippen LogP contribution in [0, 0.1) is 0 Å². The van der Waals surface area contributed by atoms with Crippen LogP contribution in [0.4, 0.5) is 0 Å². The van der Waals surface area contributed by atoms with Gasteiger partial charge in [-0.1, -0.05) is 30.9 Å². The Morgan fingerprint density at radius 1 is 1.27 bits per heavy atom. The van der Waals surface area contributed by atoms with Crippen molar-refractivity contribution < 1.29 is 0 Å². The molecule has 0 bridgehead atoms. The fourth-order valence-corrected chi connectivity index (χ4v) is 2.00. The summed E-state index contributed by atoms with van der Waals surface area (Å²) in [5.74, 6) is 1.08. The van der Waals surface area contributed by atoms with Gasteiger partial charge in [-0.05, 0) is 19.6 Å². The Hall–Kier alpha value is 1.24. The third-order valence-electron chi connectivity index (χ3n) is 1.29. The van der Waals surface area contributed by atoms with Crippen LogP contribution in [0.1, 0.15) is 20.8 Å².